The molecule has 1 aromatic carbocycles. The van der Waals surface area contributed by atoms with Crippen LogP contribution >= 0.6 is 0 Å². The van der Waals surface area contributed by atoms with Crippen LogP contribution in [-0.4, -0.2) is 11.3 Å². The Morgan fingerprint density at radius 3 is 2.73 bits per heavy atom. The molecule has 0 radical (unpaired) electrons. The summed E-state index contributed by atoms with van der Waals surface area (Å²) in [6, 6.07) is 11.5. The number of rotatable bonds is 5. The first-order valence-corrected chi connectivity index (χ1v) is 7.07. The maximum absolute atomic E-state index is 5.79. The summed E-state index contributed by atoms with van der Waals surface area (Å²) in [6.45, 7) is 4.45. The Morgan fingerprint density at radius 1 is 1.23 bits per heavy atom. The Bertz CT molecular complexity index is 579. The second-order valence-corrected chi connectivity index (χ2v) is 5.15. The van der Waals surface area contributed by atoms with Gasteiger partial charge in [0.1, 0.15) is 18.1 Å². The van der Waals surface area contributed by atoms with Gasteiger partial charge in [-0.25, -0.2) is 6.61 Å². The van der Waals surface area contributed by atoms with Gasteiger partial charge in [0.25, 0.3) is 0 Å². The molecule has 22 heavy (non-hydrogen) atoms. The summed E-state index contributed by atoms with van der Waals surface area (Å²) in [5, 5.41) is 0. The van der Waals surface area contributed by atoms with Crippen LogP contribution in [0.5, 0.6) is 11.5 Å². The SMILES string of the molecule is C[C@H]1[CH-]OC(Oc2cccc(OCc3ccncc3)c2)C1.[Cs+]. The van der Waals surface area contributed by atoms with Gasteiger partial charge in [-0.05, 0) is 36.2 Å². The second-order valence-electron chi connectivity index (χ2n) is 5.15. The van der Waals surface area contributed by atoms with E-state index in [1.54, 1.807) is 12.4 Å². The van der Waals surface area contributed by atoms with Gasteiger partial charge in [0, 0.05) is 18.5 Å². The summed E-state index contributed by atoms with van der Waals surface area (Å²) in [5.41, 5.74) is 1.08. The van der Waals surface area contributed by atoms with E-state index in [-0.39, 0.29) is 75.2 Å². The predicted octanol–water partition coefficient (Wildman–Crippen LogP) is 0.588. The molecule has 2 atom stereocenters. The van der Waals surface area contributed by atoms with E-state index in [2.05, 4.69) is 11.9 Å². The minimum atomic E-state index is -0.199. The van der Waals surface area contributed by atoms with Crippen molar-refractivity contribution >= 4 is 0 Å². The van der Waals surface area contributed by atoms with Crippen molar-refractivity contribution < 1.29 is 83.1 Å². The molecular formula is C17H18CsNO3. The van der Waals surface area contributed by atoms with E-state index < -0.39 is 0 Å². The minimum absolute atomic E-state index is 0. The quantitative estimate of drug-likeness (QED) is 0.668. The Balaban J connectivity index is 0.00000176. The molecular weight excluding hydrogens is 399 g/mol. The molecule has 1 unspecified atom stereocenters. The zero-order valence-corrected chi connectivity index (χ0v) is 19.2. The fraction of sp³-hybridized carbons (Fsp3) is 0.294. The van der Waals surface area contributed by atoms with Gasteiger partial charge in [0.15, 0.2) is 6.29 Å². The van der Waals surface area contributed by atoms with Crippen LogP contribution in [0.15, 0.2) is 48.8 Å². The van der Waals surface area contributed by atoms with Gasteiger partial charge in [-0.15, -0.1) is 5.92 Å². The van der Waals surface area contributed by atoms with Gasteiger partial charge in [-0.1, -0.05) is 13.0 Å². The zero-order valence-electron chi connectivity index (χ0n) is 12.9. The van der Waals surface area contributed by atoms with Crippen molar-refractivity contribution in [3.63, 3.8) is 0 Å². The standard InChI is InChI=1S/C17H18NO3.Cs/c1-13-9-17(20-11-13)21-16-4-2-3-15(10-16)19-12-14-5-7-18-8-6-14;/h2-8,10-11,13,17H,9,12H2,1H3;/q-1;+1/t13-,17?;/m1./s1. The molecule has 3 rings (SSSR count). The van der Waals surface area contributed by atoms with Crippen LogP contribution in [0.2, 0.25) is 0 Å². The first-order valence-electron chi connectivity index (χ1n) is 7.07. The van der Waals surface area contributed by atoms with Crippen LogP contribution in [0.3, 0.4) is 0 Å². The van der Waals surface area contributed by atoms with Crippen molar-refractivity contribution in [2.45, 2.75) is 26.2 Å². The van der Waals surface area contributed by atoms with E-state index >= 15 is 0 Å². The number of aromatic nitrogens is 1. The number of ether oxygens (including phenoxy) is 3. The fourth-order valence-electron chi connectivity index (χ4n) is 2.15. The van der Waals surface area contributed by atoms with E-state index in [9.17, 15) is 0 Å². The first kappa shape index (κ1) is 18.3. The normalized spacial score (nSPS) is 20.2. The zero-order chi connectivity index (χ0) is 14.5. The van der Waals surface area contributed by atoms with Crippen molar-refractivity contribution in [3.05, 3.63) is 61.0 Å². The van der Waals surface area contributed by atoms with Crippen molar-refractivity contribution in [1.82, 2.24) is 4.98 Å². The third kappa shape index (κ3) is 5.56. The summed E-state index contributed by atoms with van der Waals surface area (Å²) in [7, 11) is 0. The molecule has 0 spiro atoms. The second kappa shape index (κ2) is 9.32. The predicted molar refractivity (Wildman–Crippen MR) is 78.6 cm³/mol. The summed E-state index contributed by atoms with van der Waals surface area (Å²) in [5.74, 6) is 1.97. The van der Waals surface area contributed by atoms with Crippen molar-refractivity contribution in [2.75, 3.05) is 0 Å². The fourth-order valence-corrected chi connectivity index (χ4v) is 2.15. The van der Waals surface area contributed by atoms with Crippen molar-refractivity contribution in [2.24, 2.45) is 5.92 Å². The van der Waals surface area contributed by atoms with Crippen LogP contribution < -0.4 is 78.4 Å². The topological polar surface area (TPSA) is 40.6 Å². The Labute approximate surface area is 190 Å². The van der Waals surface area contributed by atoms with Crippen LogP contribution in [0.1, 0.15) is 18.9 Å². The molecule has 5 heteroatoms. The summed E-state index contributed by atoms with van der Waals surface area (Å²) in [4.78, 5) is 3.99. The number of hydrogen-bond acceptors (Lipinski definition) is 4. The molecule has 0 amide bonds. The first-order chi connectivity index (χ1) is 10.3. The maximum Gasteiger partial charge on any atom is 1.00 e. The molecule has 0 bridgehead atoms. The molecule has 2 heterocycles. The molecule has 4 nitrogen and oxygen atoms in total. The Morgan fingerprint density at radius 2 is 2.00 bits per heavy atom. The van der Waals surface area contributed by atoms with Crippen molar-refractivity contribution in [1.29, 1.82) is 0 Å². The molecule has 1 aliphatic heterocycles. The number of nitrogens with zero attached hydrogens (tertiary/aromatic N) is 1. The number of hydrogen-bond donors (Lipinski definition) is 0. The smallest absolute Gasteiger partial charge is 0.520 e. The average molecular weight is 417 g/mol. The molecule has 110 valence electrons. The minimum Gasteiger partial charge on any atom is -0.520 e. The maximum atomic E-state index is 5.79. The summed E-state index contributed by atoms with van der Waals surface area (Å²) >= 11 is 0. The molecule has 1 aliphatic rings. The summed E-state index contributed by atoms with van der Waals surface area (Å²) in [6.07, 6.45) is 4.19. The van der Waals surface area contributed by atoms with Crippen LogP contribution in [0.4, 0.5) is 0 Å². The van der Waals surface area contributed by atoms with E-state index in [0.717, 1.165) is 23.5 Å². The van der Waals surface area contributed by atoms with Gasteiger partial charge in [-0.3, -0.25) is 4.98 Å². The van der Waals surface area contributed by atoms with Gasteiger partial charge in [0.05, 0.1) is 0 Å². The van der Waals surface area contributed by atoms with Gasteiger partial charge in [0.2, 0.25) is 0 Å². The molecule has 2 aromatic rings. The molecule has 1 fully saturated rings. The largest absolute Gasteiger partial charge is 1.00 e. The molecule has 0 N–H and O–H groups in total. The van der Waals surface area contributed by atoms with Crippen LogP contribution in [0.25, 0.3) is 0 Å². The number of pyridine rings is 1. The third-order valence-corrected chi connectivity index (χ3v) is 3.25. The van der Waals surface area contributed by atoms with E-state index in [4.69, 9.17) is 14.2 Å². The van der Waals surface area contributed by atoms with Gasteiger partial charge in [-0.2, -0.15) is 0 Å². The van der Waals surface area contributed by atoms with Gasteiger partial charge >= 0.3 is 68.9 Å². The third-order valence-electron chi connectivity index (χ3n) is 3.25. The van der Waals surface area contributed by atoms with Crippen molar-refractivity contribution in [3.8, 4) is 11.5 Å². The van der Waals surface area contributed by atoms with E-state index in [1.165, 1.54) is 0 Å². The Kier molecular flexibility index (Phi) is 7.76. The molecule has 0 saturated carbocycles. The number of benzene rings is 1. The Hall–Kier alpha value is -0.0181. The van der Waals surface area contributed by atoms with Crippen LogP contribution in [-0.2, 0) is 11.3 Å². The van der Waals surface area contributed by atoms with E-state index in [0.29, 0.717) is 12.5 Å². The monoisotopic (exact) mass is 417 g/mol. The average Bonchev–Trinajstić information content (AvgIpc) is 2.92. The van der Waals surface area contributed by atoms with E-state index in [1.807, 2.05) is 43.0 Å². The van der Waals surface area contributed by atoms with Crippen LogP contribution in [0, 0.1) is 12.5 Å². The summed E-state index contributed by atoms with van der Waals surface area (Å²) < 4.78 is 17.0. The van der Waals surface area contributed by atoms with Gasteiger partial charge < -0.3 is 14.2 Å². The molecule has 1 saturated heterocycles. The molecule has 0 aliphatic carbocycles. The molecule has 1 aromatic heterocycles.